The fourth-order valence-corrected chi connectivity index (χ4v) is 6.92. The van der Waals surface area contributed by atoms with E-state index in [1.807, 2.05) is 0 Å². The normalized spacial score (nSPS) is 26.7. The smallest absolute Gasteiger partial charge is 0.329 e. The number of Topliss-reactive ketones (excluding diaryl/α,β-unsaturated/α-hetero) is 1. The molecule has 10 nitrogen and oxygen atoms in total. The van der Waals surface area contributed by atoms with Gasteiger partial charge in [0.1, 0.15) is 11.6 Å². The molecule has 1 heterocycles. The molecule has 1 unspecified atom stereocenters. The van der Waals surface area contributed by atoms with Gasteiger partial charge in [-0.3, -0.25) is 14.4 Å². The summed E-state index contributed by atoms with van der Waals surface area (Å²) < 4.78 is 0. The molecular weight excluding hydrogens is 524 g/mol. The Kier molecular flexibility index (Phi) is 11.1. The lowest BCUT2D eigenvalue weighted by atomic mass is 9.81. The quantitative estimate of drug-likeness (QED) is 0.206. The summed E-state index contributed by atoms with van der Waals surface area (Å²) in [7, 11) is 0. The van der Waals surface area contributed by atoms with Crippen molar-refractivity contribution in [1.29, 1.82) is 0 Å². The highest BCUT2D eigenvalue weighted by atomic mass is 16.4. The zero-order chi connectivity index (χ0) is 29.4. The first kappa shape index (κ1) is 31.3. The Morgan fingerprint density at radius 2 is 1.61 bits per heavy atom. The number of hydrogen-bond donors (Lipinski definition) is 4. The molecule has 1 aliphatic heterocycles. The second kappa shape index (κ2) is 14.5. The molecule has 0 bridgehead atoms. The minimum atomic E-state index is -1.24. The summed E-state index contributed by atoms with van der Waals surface area (Å²) in [5, 5.41) is 18.2. The summed E-state index contributed by atoms with van der Waals surface area (Å²) in [6, 6.07) is -1.80. The fourth-order valence-electron chi connectivity index (χ4n) is 6.92. The third-order valence-corrected chi connectivity index (χ3v) is 9.71. The first-order valence-corrected chi connectivity index (χ1v) is 16.2. The number of carboxylic acid groups (broad SMARTS) is 1. The second-order valence-electron chi connectivity index (χ2n) is 12.8. The van der Waals surface area contributed by atoms with Gasteiger partial charge in [-0.2, -0.15) is 0 Å². The van der Waals surface area contributed by atoms with Crippen molar-refractivity contribution in [2.45, 2.75) is 134 Å². The number of aliphatic carboxylic acids is 1. The van der Waals surface area contributed by atoms with E-state index in [4.69, 9.17) is 0 Å². The maximum absolute atomic E-state index is 13.2. The molecule has 10 heteroatoms. The van der Waals surface area contributed by atoms with Crippen LogP contribution in [-0.2, 0) is 19.2 Å². The van der Waals surface area contributed by atoms with E-state index in [-0.39, 0.29) is 36.0 Å². The van der Waals surface area contributed by atoms with Crippen LogP contribution in [-0.4, -0.2) is 70.3 Å². The van der Waals surface area contributed by atoms with Crippen LogP contribution in [0, 0.1) is 17.8 Å². The van der Waals surface area contributed by atoms with Crippen LogP contribution in [0.4, 0.5) is 4.79 Å². The Balaban J connectivity index is 1.24. The molecule has 41 heavy (non-hydrogen) atoms. The maximum Gasteiger partial charge on any atom is 0.329 e. The van der Waals surface area contributed by atoms with E-state index in [0.717, 1.165) is 70.6 Å². The van der Waals surface area contributed by atoms with Gasteiger partial charge in [-0.25, -0.2) is 9.59 Å². The molecule has 1 saturated heterocycles. The minimum absolute atomic E-state index is 0.0404. The highest BCUT2D eigenvalue weighted by Crippen LogP contribution is 2.47. The molecule has 3 saturated carbocycles. The Bertz CT molecular complexity index is 962. The Morgan fingerprint density at radius 1 is 0.902 bits per heavy atom. The number of amides is 4. The van der Waals surface area contributed by atoms with Crippen LogP contribution < -0.4 is 16.0 Å². The molecule has 0 aromatic rings. The van der Waals surface area contributed by atoms with Gasteiger partial charge in [-0.1, -0.05) is 64.7 Å². The number of rotatable bonds is 16. The molecule has 3 aliphatic carbocycles. The number of unbranched alkanes of at least 4 members (excludes halogenated alkanes) is 5. The Morgan fingerprint density at radius 3 is 2.29 bits per heavy atom. The van der Waals surface area contributed by atoms with Gasteiger partial charge in [0.25, 0.3) is 0 Å². The first-order valence-electron chi connectivity index (χ1n) is 16.2. The summed E-state index contributed by atoms with van der Waals surface area (Å²) in [6.07, 6.45) is 15.9. The van der Waals surface area contributed by atoms with E-state index in [9.17, 15) is 29.1 Å². The summed E-state index contributed by atoms with van der Waals surface area (Å²) in [5.74, 6) is -1.62. The van der Waals surface area contributed by atoms with Crippen molar-refractivity contribution >= 4 is 29.6 Å². The first-order chi connectivity index (χ1) is 19.8. The molecule has 4 aliphatic rings. The standard InChI is InChI=1S/C31H50N4O6/c1-2-3-4-5-6-10-14-23-19-31(23,29(39)40)34-28(38)24-15-11-18-35(24)25(36)20-32-30(41)33-26(27(37)22-16-17-22)21-12-8-7-9-13-21/h21-24,26H,2-20H2,1H3,(H,34,38)(H,39,40)(H2,32,33,41)/t23?,24-,26-,31+/m0/s1. The largest absolute Gasteiger partial charge is 0.479 e. The van der Waals surface area contributed by atoms with Crippen LogP contribution in [0.2, 0.25) is 0 Å². The zero-order valence-corrected chi connectivity index (χ0v) is 24.8. The number of hydrogen-bond acceptors (Lipinski definition) is 5. The molecular formula is C31H50N4O6. The van der Waals surface area contributed by atoms with E-state index < -0.39 is 35.5 Å². The van der Waals surface area contributed by atoms with Gasteiger partial charge in [0.2, 0.25) is 11.8 Å². The number of ketones is 1. The van der Waals surface area contributed by atoms with Crippen LogP contribution in [0.5, 0.6) is 0 Å². The third-order valence-electron chi connectivity index (χ3n) is 9.71. The number of carboxylic acids is 1. The van der Waals surface area contributed by atoms with Crippen LogP contribution in [0.3, 0.4) is 0 Å². The number of carbonyl (C=O) groups excluding carboxylic acids is 4. The van der Waals surface area contributed by atoms with E-state index in [2.05, 4.69) is 22.9 Å². The van der Waals surface area contributed by atoms with Crippen molar-refractivity contribution in [3.05, 3.63) is 0 Å². The van der Waals surface area contributed by atoms with Crippen molar-refractivity contribution < 1.29 is 29.1 Å². The van der Waals surface area contributed by atoms with Gasteiger partial charge in [0, 0.05) is 12.5 Å². The molecule has 0 spiro atoms. The lowest BCUT2D eigenvalue weighted by Crippen LogP contribution is -2.55. The fraction of sp³-hybridized carbons (Fsp3) is 0.839. The number of carbonyl (C=O) groups is 5. The number of nitrogens with zero attached hydrogens (tertiary/aromatic N) is 1. The van der Waals surface area contributed by atoms with E-state index in [1.165, 1.54) is 24.2 Å². The minimum Gasteiger partial charge on any atom is -0.479 e. The van der Waals surface area contributed by atoms with E-state index >= 15 is 0 Å². The Labute approximate surface area is 244 Å². The second-order valence-corrected chi connectivity index (χ2v) is 12.8. The van der Waals surface area contributed by atoms with Gasteiger partial charge < -0.3 is 26.0 Å². The average molecular weight is 575 g/mol. The molecule has 0 aromatic heterocycles. The van der Waals surface area contributed by atoms with Crippen molar-refractivity contribution in [1.82, 2.24) is 20.9 Å². The number of nitrogens with one attached hydrogen (secondary N) is 3. The molecule has 230 valence electrons. The average Bonchev–Trinajstić information content (AvgIpc) is 3.88. The lowest BCUT2D eigenvalue weighted by Gasteiger charge is -2.30. The van der Waals surface area contributed by atoms with Crippen LogP contribution >= 0.6 is 0 Å². The number of likely N-dealkylation sites (tertiary alicyclic amines) is 1. The molecule has 0 aromatic carbocycles. The summed E-state index contributed by atoms with van der Waals surface area (Å²) >= 11 is 0. The van der Waals surface area contributed by atoms with Crippen molar-refractivity contribution in [2.24, 2.45) is 17.8 Å². The van der Waals surface area contributed by atoms with Crippen molar-refractivity contribution in [3.8, 4) is 0 Å². The lowest BCUT2D eigenvalue weighted by molar-refractivity contribution is -0.145. The highest BCUT2D eigenvalue weighted by Gasteiger charge is 2.61. The third kappa shape index (κ3) is 8.22. The van der Waals surface area contributed by atoms with Crippen molar-refractivity contribution in [3.63, 3.8) is 0 Å². The van der Waals surface area contributed by atoms with Crippen LogP contribution in [0.15, 0.2) is 0 Å². The Hall–Kier alpha value is -2.65. The predicted octanol–water partition coefficient (Wildman–Crippen LogP) is 3.91. The zero-order valence-electron chi connectivity index (χ0n) is 24.8. The molecule has 4 fully saturated rings. The number of urea groups is 1. The summed E-state index contributed by atoms with van der Waals surface area (Å²) in [4.78, 5) is 65.5. The van der Waals surface area contributed by atoms with Gasteiger partial charge in [0.05, 0.1) is 12.6 Å². The molecule has 4 amide bonds. The van der Waals surface area contributed by atoms with Gasteiger partial charge in [-0.05, 0) is 63.2 Å². The van der Waals surface area contributed by atoms with Crippen LogP contribution in [0.1, 0.15) is 116 Å². The monoisotopic (exact) mass is 574 g/mol. The van der Waals surface area contributed by atoms with Crippen LogP contribution in [0.25, 0.3) is 0 Å². The molecule has 4 rings (SSSR count). The maximum atomic E-state index is 13.2. The van der Waals surface area contributed by atoms with Gasteiger partial charge in [-0.15, -0.1) is 0 Å². The topological polar surface area (TPSA) is 145 Å². The van der Waals surface area contributed by atoms with Gasteiger partial charge in [0.15, 0.2) is 5.78 Å². The molecule has 4 N–H and O–H groups in total. The summed E-state index contributed by atoms with van der Waals surface area (Å²) in [5.41, 5.74) is -1.24. The molecule has 4 atom stereocenters. The van der Waals surface area contributed by atoms with Crippen molar-refractivity contribution in [2.75, 3.05) is 13.1 Å². The predicted molar refractivity (Wildman–Crippen MR) is 154 cm³/mol. The van der Waals surface area contributed by atoms with Gasteiger partial charge >= 0.3 is 12.0 Å². The van der Waals surface area contributed by atoms with E-state index in [0.29, 0.717) is 25.8 Å². The summed E-state index contributed by atoms with van der Waals surface area (Å²) in [6.45, 7) is 2.27. The SMILES string of the molecule is CCCCCCCCC1C[C@]1(NC(=O)[C@@H]1CCCN1C(=O)CNC(=O)N[C@H](C(=O)C1CC1)C1CCCCC1)C(=O)O. The highest BCUT2D eigenvalue weighted by molar-refractivity contribution is 5.96. The molecule has 0 radical (unpaired) electrons. The van der Waals surface area contributed by atoms with E-state index in [1.54, 1.807) is 0 Å².